The van der Waals surface area contributed by atoms with Crippen LogP contribution in [0.25, 0.3) is 11.3 Å². The van der Waals surface area contributed by atoms with E-state index in [1.807, 2.05) is 30.3 Å². The summed E-state index contributed by atoms with van der Waals surface area (Å²) in [5.41, 5.74) is 0.978. The number of hydrogen-bond acceptors (Lipinski definition) is 6. The van der Waals surface area contributed by atoms with Crippen LogP contribution in [0, 0.1) is 5.92 Å². The lowest BCUT2D eigenvalue weighted by atomic mass is 9.97. The zero-order valence-corrected chi connectivity index (χ0v) is 16.9. The molecule has 1 N–H and O–H groups in total. The fraction of sp³-hybridized carbons (Fsp3) is 0.500. The number of rotatable bonds is 9. The zero-order chi connectivity index (χ0) is 20.5. The second kappa shape index (κ2) is 10.8. The van der Waals surface area contributed by atoms with Gasteiger partial charge in [-0.05, 0) is 38.9 Å². The fourth-order valence-electron chi connectivity index (χ4n) is 3.56. The van der Waals surface area contributed by atoms with E-state index in [2.05, 4.69) is 15.2 Å². The summed E-state index contributed by atoms with van der Waals surface area (Å²) in [5, 5.41) is 2.96. The molecule has 156 valence electrons. The van der Waals surface area contributed by atoms with Gasteiger partial charge in [-0.1, -0.05) is 30.3 Å². The third-order valence-corrected chi connectivity index (χ3v) is 5.27. The number of carbonyl (C=O) groups is 2. The molecule has 0 saturated carbocycles. The summed E-state index contributed by atoms with van der Waals surface area (Å²) in [6.07, 6.45) is 5.14. The Kier molecular flexibility index (Phi) is 7.81. The van der Waals surface area contributed by atoms with Crippen molar-refractivity contribution in [3.63, 3.8) is 0 Å². The normalized spacial score (nSPS) is 15.2. The Morgan fingerprint density at radius 3 is 2.72 bits per heavy atom. The van der Waals surface area contributed by atoms with E-state index >= 15 is 0 Å². The summed E-state index contributed by atoms with van der Waals surface area (Å²) in [6.45, 7) is 3.38. The monoisotopic (exact) mass is 399 g/mol. The van der Waals surface area contributed by atoms with Crippen LogP contribution < -0.4 is 5.32 Å². The van der Waals surface area contributed by atoms with E-state index in [9.17, 15) is 9.59 Å². The number of methoxy groups -OCH3 is 1. The summed E-state index contributed by atoms with van der Waals surface area (Å²) in [5.74, 6) is 1.24. The maximum Gasteiger partial charge on any atom is 0.308 e. The molecule has 1 amide bonds. The average molecular weight is 399 g/mol. The number of nitrogens with one attached hydrogen (secondary N) is 1. The minimum Gasteiger partial charge on any atom is -0.469 e. The number of hydrogen-bond donors (Lipinski definition) is 1. The molecule has 1 aromatic carbocycles. The van der Waals surface area contributed by atoms with Crippen LogP contribution in [-0.4, -0.2) is 55.0 Å². The van der Waals surface area contributed by atoms with Gasteiger partial charge in [0.05, 0.1) is 19.2 Å². The van der Waals surface area contributed by atoms with Crippen LogP contribution in [-0.2, 0) is 20.7 Å². The second-order valence-electron chi connectivity index (χ2n) is 7.33. The summed E-state index contributed by atoms with van der Waals surface area (Å²) < 4.78 is 10.5. The van der Waals surface area contributed by atoms with Crippen molar-refractivity contribution in [3.05, 3.63) is 42.4 Å². The van der Waals surface area contributed by atoms with Crippen molar-refractivity contribution in [2.45, 2.75) is 32.1 Å². The molecule has 0 spiro atoms. The molecular formula is C22H29N3O4. The van der Waals surface area contributed by atoms with E-state index in [1.165, 1.54) is 7.11 Å². The molecule has 2 heterocycles. The number of amides is 1. The molecule has 1 saturated heterocycles. The molecule has 0 bridgehead atoms. The first-order valence-electron chi connectivity index (χ1n) is 10.2. The molecule has 0 radical (unpaired) electrons. The Hall–Kier alpha value is -2.67. The molecule has 1 fully saturated rings. The molecule has 7 heteroatoms. The molecule has 0 aliphatic carbocycles. The van der Waals surface area contributed by atoms with Crippen LogP contribution in [0.3, 0.4) is 0 Å². The van der Waals surface area contributed by atoms with Gasteiger partial charge in [0.1, 0.15) is 0 Å². The first kappa shape index (κ1) is 21.0. The van der Waals surface area contributed by atoms with E-state index in [-0.39, 0.29) is 17.8 Å². The number of carbonyl (C=O) groups excluding carboxylic acids is 2. The minimum atomic E-state index is -0.0983. The number of benzene rings is 1. The Morgan fingerprint density at radius 1 is 1.24 bits per heavy atom. The molecule has 29 heavy (non-hydrogen) atoms. The second-order valence-corrected chi connectivity index (χ2v) is 7.33. The highest BCUT2D eigenvalue weighted by atomic mass is 16.5. The maximum atomic E-state index is 12.0. The summed E-state index contributed by atoms with van der Waals surface area (Å²) >= 11 is 0. The fourth-order valence-corrected chi connectivity index (χ4v) is 3.56. The molecule has 0 unspecified atom stereocenters. The van der Waals surface area contributed by atoms with Crippen LogP contribution in [0.1, 0.15) is 31.6 Å². The number of aromatic nitrogens is 1. The molecule has 2 aromatic rings. The molecular weight excluding hydrogens is 370 g/mol. The Bertz CT molecular complexity index is 782. The van der Waals surface area contributed by atoms with Gasteiger partial charge in [-0.15, -0.1) is 0 Å². The standard InChI is InChI=1S/C22H29N3O4/c1-28-22(27)18-10-14-25(15-11-18)13-5-12-23-20(26)8-9-21-24-16-19(29-21)17-6-3-2-4-7-17/h2-4,6-7,16,18H,5,8-15H2,1H3,(H,23,26). The minimum absolute atomic E-state index is 0.00820. The van der Waals surface area contributed by atoms with Gasteiger partial charge >= 0.3 is 5.97 Å². The van der Waals surface area contributed by atoms with Crippen molar-refractivity contribution in [1.82, 2.24) is 15.2 Å². The lowest BCUT2D eigenvalue weighted by Crippen LogP contribution is -2.38. The summed E-state index contributed by atoms with van der Waals surface area (Å²) in [6, 6.07) is 9.79. The zero-order valence-electron chi connectivity index (χ0n) is 16.9. The van der Waals surface area contributed by atoms with Gasteiger partial charge in [-0.25, -0.2) is 4.98 Å². The Balaban J connectivity index is 1.28. The van der Waals surface area contributed by atoms with E-state index in [0.29, 0.717) is 25.3 Å². The third kappa shape index (κ3) is 6.42. The van der Waals surface area contributed by atoms with E-state index in [4.69, 9.17) is 9.15 Å². The van der Waals surface area contributed by atoms with Crippen LogP contribution in [0.5, 0.6) is 0 Å². The highest BCUT2D eigenvalue weighted by Crippen LogP contribution is 2.20. The topological polar surface area (TPSA) is 84.7 Å². The molecule has 0 atom stereocenters. The third-order valence-electron chi connectivity index (χ3n) is 5.27. The smallest absolute Gasteiger partial charge is 0.308 e. The first-order chi connectivity index (χ1) is 14.2. The van der Waals surface area contributed by atoms with Crippen molar-refractivity contribution < 1.29 is 18.7 Å². The highest BCUT2D eigenvalue weighted by Gasteiger charge is 2.25. The summed E-state index contributed by atoms with van der Waals surface area (Å²) in [7, 11) is 1.45. The maximum absolute atomic E-state index is 12.0. The number of aryl methyl sites for hydroxylation is 1. The van der Waals surface area contributed by atoms with E-state index in [1.54, 1.807) is 6.20 Å². The van der Waals surface area contributed by atoms with E-state index < -0.39 is 0 Å². The van der Waals surface area contributed by atoms with Gasteiger partial charge in [0, 0.05) is 24.9 Å². The number of esters is 1. The van der Waals surface area contributed by atoms with Gasteiger partial charge in [0.25, 0.3) is 0 Å². The molecule has 1 aliphatic rings. The van der Waals surface area contributed by atoms with Crippen molar-refractivity contribution in [3.8, 4) is 11.3 Å². The number of piperidine rings is 1. The van der Waals surface area contributed by atoms with Crippen molar-refractivity contribution >= 4 is 11.9 Å². The van der Waals surface area contributed by atoms with Crippen LogP contribution >= 0.6 is 0 Å². The largest absolute Gasteiger partial charge is 0.469 e. The molecule has 3 rings (SSSR count). The SMILES string of the molecule is COC(=O)C1CCN(CCCNC(=O)CCc2ncc(-c3ccccc3)o2)CC1. The van der Waals surface area contributed by atoms with Gasteiger partial charge in [0.2, 0.25) is 5.91 Å². The predicted octanol–water partition coefficient (Wildman–Crippen LogP) is 2.67. The van der Waals surface area contributed by atoms with Crippen molar-refractivity contribution in [1.29, 1.82) is 0 Å². The number of likely N-dealkylation sites (tertiary alicyclic amines) is 1. The highest BCUT2D eigenvalue weighted by molar-refractivity contribution is 5.76. The predicted molar refractivity (Wildman–Crippen MR) is 109 cm³/mol. The van der Waals surface area contributed by atoms with Gasteiger partial charge in [-0.3, -0.25) is 9.59 Å². The van der Waals surface area contributed by atoms with Gasteiger partial charge < -0.3 is 19.4 Å². The lowest BCUT2D eigenvalue weighted by molar-refractivity contribution is -0.147. The molecule has 1 aromatic heterocycles. The van der Waals surface area contributed by atoms with Crippen LogP contribution in [0.4, 0.5) is 0 Å². The quantitative estimate of drug-likeness (QED) is 0.515. The van der Waals surface area contributed by atoms with Crippen molar-refractivity contribution in [2.75, 3.05) is 33.3 Å². The average Bonchev–Trinajstić information content (AvgIpc) is 3.25. The van der Waals surface area contributed by atoms with Crippen LogP contribution in [0.15, 0.2) is 40.9 Å². The number of nitrogens with zero attached hydrogens (tertiary/aromatic N) is 2. The van der Waals surface area contributed by atoms with Crippen LogP contribution in [0.2, 0.25) is 0 Å². The van der Waals surface area contributed by atoms with E-state index in [0.717, 1.165) is 50.2 Å². The Labute approximate surface area is 171 Å². The molecule has 7 nitrogen and oxygen atoms in total. The number of ether oxygens (including phenoxy) is 1. The van der Waals surface area contributed by atoms with Crippen molar-refractivity contribution in [2.24, 2.45) is 5.92 Å². The van der Waals surface area contributed by atoms with Gasteiger partial charge in [-0.2, -0.15) is 0 Å². The summed E-state index contributed by atoms with van der Waals surface area (Å²) in [4.78, 5) is 30.2. The Morgan fingerprint density at radius 2 is 2.00 bits per heavy atom. The number of oxazole rings is 1. The molecule has 1 aliphatic heterocycles. The van der Waals surface area contributed by atoms with Gasteiger partial charge in [0.15, 0.2) is 11.7 Å². The lowest BCUT2D eigenvalue weighted by Gasteiger charge is -2.30. The first-order valence-corrected chi connectivity index (χ1v) is 10.2.